The van der Waals surface area contributed by atoms with Gasteiger partial charge in [-0.05, 0) is 6.42 Å². The van der Waals surface area contributed by atoms with Crippen LogP contribution in [0.5, 0.6) is 5.88 Å². The van der Waals surface area contributed by atoms with Crippen LogP contribution in [-0.4, -0.2) is 46.0 Å². The van der Waals surface area contributed by atoms with Gasteiger partial charge in [-0.25, -0.2) is 4.39 Å². The zero-order valence-electron chi connectivity index (χ0n) is 11.4. The van der Waals surface area contributed by atoms with Crippen LogP contribution in [0, 0.1) is 5.82 Å². The topological polar surface area (TPSA) is 74.2 Å². The lowest BCUT2D eigenvalue weighted by Gasteiger charge is -2.24. The van der Waals surface area contributed by atoms with Gasteiger partial charge in [0.2, 0.25) is 5.88 Å². The van der Waals surface area contributed by atoms with E-state index in [2.05, 4.69) is 15.0 Å². The molecule has 3 heterocycles. The highest BCUT2D eigenvalue weighted by molar-refractivity contribution is 7.90. The average Bonchev–Trinajstić information content (AvgIpc) is 2.45. The van der Waals surface area contributed by atoms with Crippen molar-refractivity contribution in [3.8, 4) is 5.88 Å². The summed E-state index contributed by atoms with van der Waals surface area (Å²) in [6.45, 7) is 1.11. The third-order valence-electron chi connectivity index (χ3n) is 3.17. The van der Waals surface area contributed by atoms with Gasteiger partial charge in [0, 0.05) is 24.8 Å². The first-order chi connectivity index (χ1) is 9.99. The van der Waals surface area contributed by atoms with E-state index in [1.165, 1.54) is 6.26 Å². The van der Waals surface area contributed by atoms with Crippen molar-refractivity contribution >= 4 is 39.5 Å². The summed E-state index contributed by atoms with van der Waals surface area (Å²) in [6, 6.07) is 0. The maximum absolute atomic E-state index is 14.3. The van der Waals surface area contributed by atoms with Gasteiger partial charge >= 0.3 is 5.16 Å². The molecule has 0 saturated carbocycles. The molecule has 9 heteroatoms. The number of nitrogens with zero attached hydrogens (tertiary/aromatic N) is 4. The van der Waals surface area contributed by atoms with E-state index in [-0.39, 0.29) is 21.7 Å². The van der Waals surface area contributed by atoms with Crippen LogP contribution in [0.2, 0.25) is 5.15 Å². The molecule has 1 atom stereocenters. The first-order valence-corrected chi connectivity index (χ1v) is 8.16. The zero-order valence-corrected chi connectivity index (χ0v) is 13.0. The quantitative estimate of drug-likeness (QED) is 0.451. The predicted molar refractivity (Wildman–Crippen MR) is 78.0 cm³/mol. The molecule has 0 amide bonds. The van der Waals surface area contributed by atoms with Crippen molar-refractivity contribution in [2.45, 2.75) is 11.6 Å². The lowest BCUT2D eigenvalue weighted by atomic mass is 10.2. The molecule has 0 spiro atoms. The summed E-state index contributed by atoms with van der Waals surface area (Å²) in [7, 11) is 1.83. The molecule has 0 N–H and O–H groups in total. The summed E-state index contributed by atoms with van der Waals surface area (Å²) in [4.78, 5) is 14.1. The Morgan fingerprint density at radius 3 is 2.86 bits per heavy atom. The molecule has 2 aromatic heterocycles. The maximum Gasteiger partial charge on any atom is 0.345 e. The summed E-state index contributed by atoms with van der Waals surface area (Å²) < 4.78 is 31.5. The number of ether oxygens (including phenoxy) is 1. The summed E-state index contributed by atoms with van der Waals surface area (Å²) in [5.41, 5.74) is -0.0195. The Labute approximate surface area is 128 Å². The zero-order chi connectivity index (χ0) is 15.1. The van der Waals surface area contributed by atoms with Gasteiger partial charge < -0.3 is 14.2 Å². The molecule has 0 saturated heterocycles. The van der Waals surface area contributed by atoms with E-state index in [1.54, 1.807) is 0 Å². The van der Waals surface area contributed by atoms with Gasteiger partial charge in [0.15, 0.2) is 11.0 Å². The largest absolute Gasteiger partial charge is 0.609 e. The summed E-state index contributed by atoms with van der Waals surface area (Å²) in [5, 5.41) is 0.0866. The highest BCUT2D eigenvalue weighted by atomic mass is 35.5. The molecule has 0 aromatic carbocycles. The normalized spacial score (nSPS) is 16.3. The van der Waals surface area contributed by atoms with Crippen LogP contribution in [0.15, 0.2) is 5.16 Å². The van der Waals surface area contributed by atoms with Crippen molar-refractivity contribution < 1.29 is 13.7 Å². The molecule has 1 unspecified atom stereocenters. The van der Waals surface area contributed by atoms with E-state index in [4.69, 9.17) is 16.3 Å². The van der Waals surface area contributed by atoms with Crippen LogP contribution in [0.4, 0.5) is 10.2 Å². The molecular formula is C12H12ClFN4O2S. The standard InChI is InChI=1S/C12H12ClFN4O2S/c1-18-4-3-5-20-11-6-8(7(14)9(13)16-11)15-12(21(2)19)17-10(6)18/h3-5H2,1-2H3. The average molecular weight is 331 g/mol. The Bertz CT molecular complexity index is 715. The van der Waals surface area contributed by atoms with Crippen molar-refractivity contribution in [2.75, 3.05) is 31.4 Å². The number of hydrogen-bond acceptors (Lipinski definition) is 6. The minimum absolute atomic E-state index is 0.0195. The molecular weight excluding hydrogens is 319 g/mol. The molecule has 0 radical (unpaired) electrons. The number of pyridine rings is 1. The van der Waals surface area contributed by atoms with E-state index in [9.17, 15) is 8.94 Å². The number of aromatic nitrogens is 3. The first kappa shape index (κ1) is 14.6. The van der Waals surface area contributed by atoms with Gasteiger partial charge in [-0.3, -0.25) is 0 Å². The Kier molecular flexibility index (Phi) is 3.76. The van der Waals surface area contributed by atoms with Crippen molar-refractivity contribution in [3.63, 3.8) is 0 Å². The summed E-state index contributed by atoms with van der Waals surface area (Å²) in [6.07, 6.45) is 2.19. The van der Waals surface area contributed by atoms with Crippen molar-refractivity contribution in [2.24, 2.45) is 0 Å². The number of halogens is 2. The Morgan fingerprint density at radius 2 is 2.14 bits per heavy atom. The molecule has 3 rings (SSSR count). The molecule has 0 bridgehead atoms. The van der Waals surface area contributed by atoms with E-state index in [0.717, 1.165) is 6.42 Å². The van der Waals surface area contributed by atoms with Crippen LogP contribution >= 0.6 is 11.6 Å². The fraction of sp³-hybridized carbons (Fsp3) is 0.417. The van der Waals surface area contributed by atoms with E-state index in [0.29, 0.717) is 24.4 Å². The predicted octanol–water partition coefficient (Wildman–Crippen LogP) is 1.77. The summed E-state index contributed by atoms with van der Waals surface area (Å²) >= 11 is 4.36. The van der Waals surface area contributed by atoms with Gasteiger partial charge in [0.25, 0.3) is 0 Å². The smallest absolute Gasteiger partial charge is 0.345 e. The monoisotopic (exact) mass is 330 g/mol. The maximum atomic E-state index is 14.3. The lowest BCUT2D eigenvalue weighted by Crippen LogP contribution is -2.25. The molecule has 1 aliphatic heterocycles. The fourth-order valence-electron chi connectivity index (χ4n) is 2.16. The van der Waals surface area contributed by atoms with Crippen molar-refractivity contribution in [1.29, 1.82) is 0 Å². The Balaban J connectivity index is 2.42. The highest BCUT2D eigenvalue weighted by Crippen LogP contribution is 2.36. The highest BCUT2D eigenvalue weighted by Gasteiger charge is 2.26. The number of hydrogen-bond donors (Lipinski definition) is 0. The molecule has 0 aliphatic carbocycles. The van der Waals surface area contributed by atoms with Gasteiger partial charge in [0.1, 0.15) is 23.0 Å². The summed E-state index contributed by atoms with van der Waals surface area (Å²) in [5.74, 6) is -0.113. The second kappa shape index (κ2) is 5.43. The molecule has 6 nitrogen and oxygen atoms in total. The number of rotatable bonds is 1. The van der Waals surface area contributed by atoms with Gasteiger partial charge in [-0.1, -0.05) is 11.6 Å². The van der Waals surface area contributed by atoms with E-state index < -0.39 is 17.0 Å². The van der Waals surface area contributed by atoms with E-state index in [1.807, 2.05) is 11.9 Å². The molecule has 0 fully saturated rings. The van der Waals surface area contributed by atoms with Gasteiger partial charge in [-0.2, -0.15) is 15.0 Å². The van der Waals surface area contributed by atoms with Crippen LogP contribution < -0.4 is 9.64 Å². The van der Waals surface area contributed by atoms with Crippen molar-refractivity contribution in [3.05, 3.63) is 11.0 Å². The second-order valence-electron chi connectivity index (χ2n) is 4.65. The Morgan fingerprint density at radius 1 is 1.38 bits per heavy atom. The fourth-order valence-corrected chi connectivity index (χ4v) is 2.76. The molecule has 1 aliphatic rings. The van der Waals surface area contributed by atoms with Crippen LogP contribution in [0.1, 0.15) is 6.42 Å². The molecule has 112 valence electrons. The van der Waals surface area contributed by atoms with Gasteiger partial charge in [0.05, 0.1) is 6.61 Å². The van der Waals surface area contributed by atoms with Crippen molar-refractivity contribution in [1.82, 2.24) is 15.0 Å². The first-order valence-electron chi connectivity index (χ1n) is 6.23. The van der Waals surface area contributed by atoms with Crippen LogP contribution in [0.25, 0.3) is 10.9 Å². The lowest BCUT2D eigenvalue weighted by molar-refractivity contribution is 0.301. The second-order valence-corrected chi connectivity index (χ2v) is 6.28. The molecule has 21 heavy (non-hydrogen) atoms. The Hall–Kier alpha value is -1.38. The van der Waals surface area contributed by atoms with E-state index >= 15 is 0 Å². The van der Waals surface area contributed by atoms with Crippen LogP contribution in [0.3, 0.4) is 0 Å². The van der Waals surface area contributed by atoms with Crippen LogP contribution in [-0.2, 0) is 11.2 Å². The van der Waals surface area contributed by atoms with Gasteiger partial charge in [-0.15, -0.1) is 0 Å². The minimum Gasteiger partial charge on any atom is -0.609 e. The molecule has 2 aromatic rings. The third-order valence-corrected chi connectivity index (χ3v) is 4.11. The SMILES string of the molecule is CN1CCCOc2nc(Cl)c(F)c3nc([S+](C)[O-])nc1c23. The number of anilines is 1. The minimum atomic E-state index is -1.44. The third kappa shape index (κ3) is 2.47.